The first-order valence-electron chi connectivity index (χ1n) is 17.8. The van der Waals surface area contributed by atoms with Gasteiger partial charge < -0.3 is 5.11 Å². The fraction of sp³-hybridized carbons (Fsp3) is 1.00. The first-order chi connectivity index (χ1) is 18.2. The highest BCUT2D eigenvalue weighted by Gasteiger charge is 2.12. The Bertz CT molecular complexity index is 362. The maximum Gasteiger partial charge on any atom is 0.0542 e. The fourth-order valence-corrected chi connectivity index (χ4v) is 5.46. The van der Waals surface area contributed by atoms with E-state index in [1.54, 1.807) is 0 Å². The van der Waals surface area contributed by atoms with Crippen LogP contribution >= 0.6 is 0 Å². The lowest BCUT2D eigenvalue weighted by molar-refractivity contribution is 0.125. The van der Waals surface area contributed by atoms with Crippen molar-refractivity contribution in [3.05, 3.63) is 0 Å². The summed E-state index contributed by atoms with van der Waals surface area (Å²) in [5, 5.41) is 10.5. The van der Waals surface area contributed by atoms with E-state index in [1.165, 1.54) is 173 Å². The maximum absolute atomic E-state index is 10.5. The van der Waals surface area contributed by atoms with Gasteiger partial charge in [-0.25, -0.2) is 0 Å². The minimum absolute atomic E-state index is 0.0494. The molecule has 0 amide bonds. The van der Waals surface area contributed by atoms with Crippen LogP contribution in [0.2, 0.25) is 0 Å². The molecule has 0 saturated heterocycles. The molecule has 0 aliphatic rings. The van der Waals surface area contributed by atoms with Gasteiger partial charge in [-0.1, -0.05) is 208 Å². The number of unbranched alkanes of at least 4 members (excludes halogenated alkanes) is 22. The number of aliphatic hydroxyl groups is 1. The quantitative estimate of drug-likeness (QED) is 0.0964. The lowest BCUT2D eigenvalue weighted by atomic mass is 9.90. The molecule has 0 aromatic rings. The molecule has 0 heterocycles. The molecule has 0 spiro atoms. The third kappa shape index (κ3) is 36.0. The molecule has 226 valence electrons. The summed E-state index contributed by atoms with van der Waals surface area (Å²) >= 11 is 0. The van der Waals surface area contributed by atoms with Gasteiger partial charge in [-0.05, 0) is 18.8 Å². The van der Waals surface area contributed by atoms with Gasteiger partial charge in [0.15, 0.2) is 0 Å². The van der Waals surface area contributed by atoms with Gasteiger partial charge in [0.1, 0.15) is 0 Å². The lowest BCUT2D eigenvalue weighted by Gasteiger charge is -2.19. The molecule has 0 bridgehead atoms. The van der Waals surface area contributed by atoms with Crippen molar-refractivity contribution < 1.29 is 5.11 Å². The number of hydrogen-bond donors (Lipinski definition) is 1. The van der Waals surface area contributed by atoms with Crippen molar-refractivity contribution in [3.8, 4) is 0 Å². The Morgan fingerprint density at radius 3 is 0.946 bits per heavy atom. The van der Waals surface area contributed by atoms with Gasteiger partial charge in [0.05, 0.1) is 6.10 Å². The SMILES string of the molecule is CCCCCC.CCCCCCCCCCCCCCC(O)CC(CC)CCCCCCCCCCC. The van der Waals surface area contributed by atoms with Crippen LogP contribution in [0.15, 0.2) is 0 Å². The Morgan fingerprint density at radius 2 is 0.622 bits per heavy atom. The van der Waals surface area contributed by atoms with E-state index >= 15 is 0 Å². The molecular formula is C36H76O. The minimum atomic E-state index is -0.0494. The van der Waals surface area contributed by atoms with E-state index in [9.17, 15) is 5.11 Å². The third-order valence-corrected chi connectivity index (χ3v) is 8.25. The van der Waals surface area contributed by atoms with Crippen LogP contribution in [-0.2, 0) is 0 Å². The second-order valence-electron chi connectivity index (χ2n) is 12.2. The summed E-state index contributed by atoms with van der Waals surface area (Å²) < 4.78 is 0. The van der Waals surface area contributed by atoms with Crippen molar-refractivity contribution in [1.29, 1.82) is 0 Å². The first kappa shape index (κ1) is 39.1. The van der Waals surface area contributed by atoms with Crippen molar-refractivity contribution >= 4 is 0 Å². The molecule has 1 N–H and O–H groups in total. The van der Waals surface area contributed by atoms with Crippen LogP contribution in [0, 0.1) is 5.92 Å². The molecule has 0 aromatic carbocycles. The highest BCUT2D eigenvalue weighted by Crippen LogP contribution is 2.22. The van der Waals surface area contributed by atoms with Gasteiger partial charge in [-0.3, -0.25) is 0 Å². The number of hydrogen-bond acceptors (Lipinski definition) is 1. The van der Waals surface area contributed by atoms with Crippen LogP contribution < -0.4 is 0 Å². The first-order valence-corrected chi connectivity index (χ1v) is 17.8. The topological polar surface area (TPSA) is 20.2 Å². The lowest BCUT2D eigenvalue weighted by Crippen LogP contribution is -2.13. The molecule has 0 fully saturated rings. The minimum Gasteiger partial charge on any atom is -0.393 e. The molecule has 0 aliphatic carbocycles. The zero-order valence-electron chi connectivity index (χ0n) is 27.1. The monoisotopic (exact) mass is 525 g/mol. The normalized spacial score (nSPS) is 12.8. The predicted octanol–water partition coefficient (Wildman–Crippen LogP) is 13.4. The van der Waals surface area contributed by atoms with Crippen molar-refractivity contribution in [1.82, 2.24) is 0 Å². The van der Waals surface area contributed by atoms with Gasteiger partial charge >= 0.3 is 0 Å². The van der Waals surface area contributed by atoms with E-state index in [0.29, 0.717) is 0 Å². The number of rotatable bonds is 29. The van der Waals surface area contributed by atoms with Gasteiger partial charge in [0.2, 0.25) is 0 Å². The van der Waals surface area contributed by atoms with Gasteiger partial charge in [0, 0.05) is 0 Å². The Morgan fingerprint density at radius 1 is 0.351 bits per heavy atom. The molecule has 0 aromatic heterocycles. The molecular weight excluding hydrogens is 448 g/mol. The maximum atomic E-state index is 10.5. The van der Waals surface area contributed by atoms with E-state index in [-0.39, 0.29) is 6.10 Å². The molecule has 2 atom stereocenters. The summed E-state index contributed by atoms with van der Waals surface area (Å²) in [5.41, 5.74) is 0. The molecule has 0 aliphatic heterocycles. The van der Waals surface area contributed by atoms with Crippen LogP contribution in [0.5, 0.6) is 0 Å². The molecule has 0 radical (unpaired) electrons. The zero-order chi connectivity index (χ0) is 27.7. The Hall–Kier alpha value is -0.0400. The second-order valence-corrected chi connectivity index (χ2v) is 12.2. The van der Waals surface area contributed by atoms with Crippen molar-refractivity contribution in [2.24, 2.45) is 5.92 Å². The molecule has 1 heteroatoms. The van der Waals surface area contributed by atoms with Crippen LogP contribution in [0.4, 0.5) is 0 Å². The summed E-state index contributed by atoms with van der Waals surface area (Å²) in [6.45, 7) is 11.4. The summed E-state index contributed by atoms with van der Waals surface area (Å²) in [6.07, 6.45) is 39.6. The zero-order valence-corrected chi connectivity index (χ0v) is 27.1. The molecule has 1 nitrogen and oxygen atoms in total. The Balaban J connectivity index is 0. The second kappa shape index (κ2) is 36.0. The van der Waals surface area contributed by atoms with E-state index in [2.05, 4.69) is 34.6 Å². The standard InChI is InChI=1S/C30H62O.C6H14/c1-4-7-9-11-13-15-16-17-19-21-23-25-27-30(31)28-29(6-3)26-24-22-20-18-14-12-10-8-5-2;1-3-5-6-4-2/h29-31H,4-28H2,1-3H3;3-6H2,1-2H3. The number of aliphatic hydroxyl groups excluding tert-OH is 1. The van der Waals surface area contributed by atoms with E-state index in [4.69, 9.17) is 0 Å². The molecule has 37 heavy (non-hydrogen) atoms. The Kier molecular flexibility index (Phi) is 38.0. The van der Waals surface area contributed by atoms with Gasteiger partial charge in [-0.15, -0.1) is 0 Å². The smallest absolute Gasteiger partial charge is 0.0542 e. The summed E-state index contributed by atoms with van der Waals surface area (Å²) in [7, 11) is 0. The van der Waals surface area contributed by atoms with Crippen LogP contribution in [0.3, 0.4) is 0 Å². The van der Waals surface area contributed by atoms with Crippen LogP contribution in [0.1, 0.15) is 221 Å². The average Bonchev–Trinajstić information content (AvgIpc) is 2.91. The summed E-state index contributed by atoms with van der Waals surface area (Å²) in [4.78, 5) is 0. The van der Waals surface area contributed by atoms with E-state index in [0.717, 1.165) is 18.8 Å². The fourth-order valence-electron chi connectivity index (χ4n) is 5.46. The summed E-state index contributed by atoms with van der Waals surface area (Å²) in [6, 6.07) is 0. The highest BCUT2D eigenvalue weighted by molar-refractivity contribution is 4.65. The van der Waals surface area contributed by atoms with Gasteiger partial charge in [-0.2, -0.15) is 0 Å². The molecule has 0 rings (SSSR count). The van der Waals surface area contributed by atoms with Crippen LogP contribution in [0.25, 0.3) is 0 Å². The third-order valence-electron chi connectivity index (χ3n) is 8.25. The highest BCUT2D eigenvalue weighted by atomic mass is 16.3. The average molecular weight is 525 g/mol. The molecule has 2 unspecified atom stereocenters. The van der Waals surface area contributed by atoms with E-state index < -0.39 is 0 Å². The van der Waals surface area contributed by atoms with E-state index in [1.807, 2.05) is 0 Å². The Labute approximate surface area is 237 Å². The van der Waals surface area contributed by atoms with Crippen molar-refractivity contribution in [2.45, 2.75) is 227 Å². The predicted molar refractivity (Wildman–Crippen MR) is 172 cm³/mol. The summed E-state index contributed by atoms with van der Waals surface area (Å²) in [5.74, 6) is 0.747. The van der Waals surface area contributed by atoms with Crippen molar-refractivity contribution in [3.63, 3.8) is 0 Å². The van der Waals surface area contributed by atoms with Gasteiger partial charge in [0.25, 0.3) is 0 Å². The molecule has 0 saturated carbocycles. The van der Waals surface area contributed by atoms with Crippen LogP contribution in [-0.4, -0.2) is 11.2 Å². The van der Waals surface area contributed by atoms with Crippen molar-refractivity contribution in [2.75, 3.05) is 0 Å². The largest absolute Gasteiger partial charge is 0.393 e.